The quantitative estimate of drug-likeness (QED) is 0.559. The number of nitrogens with zero attached hydrogens (tertiary/aromatic N) is 1. The Morgan fingerprint density at radius 1 is 1.03 bits per heavy atom. The monoisotopic (exact) mass is 439 g/mol. The lowest BCUT2D eigenvalue weighted by molar-refractivity contribution is -0.141. The summed E-state index contributed by atoms with van der Waals surface area (Å²) in [6.45, 7) is -0.0291. The van der Waals surface area contributed by atoms with Crippen molar-refractivity contribution in [2.45, 2.75) is 22.6 Å². The van der Waals surface area contributed by atoms with E-state index in [0.717, 1.165) is 17.8 Å². The van der Waals surface area contributed by atoms with Crippen LogP contribution in [0.2, 0.25) is 0 Å². The highest BCUT2D eigenvalue weighted by Gasteiger charge is 2.33. The van der Waals surface area contributed by atoms with Gasteiger partial charge in [0.2, 0.25) is 0 Å². The second kappa shape index (κ2) is 9.78. The number of nitrogens with one attached hydrogen (secondary N) is 1. The van der Waals surface area contributed by atoms with E-state index in [9.17, 15) is 18.0 Å². The molecule has 0 unspecified atom stereocenters. The van der Waals surface area contributed by atoms with Crippen molar-refractivity contribution in [3.63, 3.8) is 0 Å². The maximum absolute atomic E-state index is 13.0. The molecule has 0 radical (unpaired) electrons. The zero-order valence-corrected chi connectivity index (χ0v) is 16.6. The van der Waals surface area contributed by atoms with Crippen molar-refractivity contribution in [3.05, 3.63) is 83.6 Å². The van der Waals surface area contributed by atoms with Crippen LogP contribution in [0.3, 0.4) is 0 Å². The minimum atomic E-state index is -4.56. The Kier molecular flexibility index (Phi) is 7.66. The number of nitrogens with two attached hydrogens (primary N) is 1. The van der Waals surface area contributed by atoms with Crippen molar-refractivity contribution < 1.29 is 18.0 Å². The second-order valence-corrected chi connectivity index (χ2v) is 6.94. The van der Waals surface area contributed by atoms with Crippen molar-refractivity contribution in [1.29, 1.82) is 0 Å². The van der Waals surface area contributed by atoms with Crippen LogP contribution >= 0.6 is 24.2 Å². The zero-order valence-electron chi connectivity index (χ0n) is 14.9. The molecule has 4 nitrogen and oxygen atoms in total. The number of hydrogen-bond acceptors (Lipinski definition) is 4. The molecule has 0 aliphatic rings. The van der Waals surface area contributed by atoms with Crippen LogP contribution in [0.1, 0.15) is 21.6 Å². The maximum atomic E-state index is 13.0. The van der Waals surface area contributed by atoms with Gasteiger partial charge in [0.05, 0.1) is 0 Å². The molecular formula is C20H17ClF3N3OS. The molecule has 3 N–H and O–H groups in total. The molecule has 9 heteroatoms. The average molecular weight is 440 g/mol. The number of halogens is 4. The van der Waals surface area contributed by atoms with Gasteiger partial charge in [-0.3, -0.25) is 4.79 Å². The molecule has 1 aromatic heterocycles. The first-order chi connectivity index (χ1) is 13.3. The van der Waals surface area contributed by atoms with E-state index in [4.69, 9.17) is 5.73 Å². The fourth-order valence-electron chi connectivity index (χ4n) is 2.42. The Balaban J connectivity index is 0.00000300. The Labute approximate surface area is 176 Å². The molecule has 0 saturated carbocycles. The molecule has 3 rings (SSSR count). The van der Waals surface area contributed by atoms with E-state index in [0.29, 0.717) is 21.7 Å². The lowest BCUT2D eigenvalue weighted by atomic mass is 10.2. The first-order valence-electron chi connectivity index (χ1n) is 8.28. The second-order valence-electron chi connectivity index (χ2n) is 5.85. The number of rotatable bonds is 5. The molecule has 0 fully saturated rings. The zero-order chi connectivity index (χ0) is 20.1. The third-order valence-corrected chi connectivity index (χ3v) is 4.65. The first-order valence-corrected chi connectivity index (χ1v) is 9.09. The number of hydrogen-bond donors (Lipinski definition) is 2. The van der Waals surface area contributed by atoms with Crippen LogP contribution in [-0.4, -0.2) is 10.9 Å². The third-order valence-electron chi connectivity index (χ3n) is 3.74. The molecule has 0 spiro atoms. The molecule has 2 aromatic carbocycles. The summed E-state index contributed by atoms with van der Waals surface area (Å²) in [6, 6.07) is 18.0. The molecule has 152 valence electrons. The molecule has 0 saturated heterocycles. The van der Waals surface area contributed by atoms with Crippen LogP contribution in [-0.2, 0) is 12.7 Å². The van der Waals surface area contributed by atoms with E-state index in [1.807, 2.05) is 6.07 Å². The van der Waals surface area contributed by atoms with Crippen LogP contribution in [0.15, 0.2) is 76.7 Å². The van der Waals surface area contributed by atoms with Gasteiger partial charge in [-0.15, -0.1) is 12.4 Å². The number of carbonyl (C=O) groups excluding carboxylic acids is 1. The molecule has 3 aromatic rings. The van der Waals surface area contributed by atoms with E-state index in [1.165, 1.54) is 6.07 Å². The van der Waals surface area contributed by atoms with Crippen molar-refractivity contribution >= 4 is 35.8 Å². The Morgan fingerprint density at radius 3 is 2.41 bits per heavy atom. The van der Waals surface area contributed by atoms with Gasteiger partial charge < -0.3 is 11.1 Å². The summed E-state index contributed by atoms with van der Waals surface area (Å²) in [5, 5.41) is 2.93. The summed E-state index contributed by atoms with van der Waals surface area (Å²) in [4.78, 5) is 16.7. The van der Waals surface area contributed by atoms with Gasteiger partial charge in [-0.05, 0) is 48.0 Å². The molecule has 0 bridgehead atoms. The predicted octanol–water partition coefficient (Wildman–Crippen LogP) is 5.38. The Hall–Kier alpha value is -2.55. The summed E-state index contributed by atoms with van der Waals surface area (Å²) in [5.41, 5.74) is 5.89. The van der Waals surface area contributed by atoms with E-state index < -0.39 is 11.9 Å². The average Bonchev–Trinajstić information content (AvgIpc) is 2.68. The molecule has 0 atom stereocenters. The van der Waals surface area contributed by atoms with Crippen LogP contribution in [0, 0.1) is 0 Å². The van der Waals surface area contributed by atoms with Gasteiger partial charge in [0.25, 0.3) is 5.91 Å². The molecule has 0 aliphatic carbocycles. The maximum Gasteiger partial charge on any atom is 0.433 e. The topological polar surface area (TPSA) is 68.0 Å². The SMILES string of the molecule is Cl.NCc1cc(Sc2cccc(C(=O)Nc3ccccc3)c2)nc(C(F)(F)F)c1. The lowest BCUT2D eigenvalue weighted by Gasteiger charge is -2.11. The molecule has 29 heavy (non-hydrogen) atoms. The fraction of sp³-hybridized carbons (Fsp3) is 0.100. The number of pyridine rings is 1. The number of aromatic nitrogens is 1. The van der Waals surface area contributed by atoms with Crippen molar-refractivity contribution in [2.24, 2.45) is 5.73 Å². The standard InChI is InChI=1S/C20H16F3N3OS.ClH/c21-20(22,23)17-9-13(12-24)10-18(26-17)28-16-8-4-5-14(11-16)19(27)25-15-6-2-1-3-7-15;/h1-11H,12,24H2,(H,25,27);1H. The molecule has 1 heterocycles. The van der Waals surface area contributed by atoms with Gasteiger partial charge in [0, 0.05) is 22.7 Å². The van der Waals surface area contributed by atoms with E-state index >= 15 is 0 Å². The summed E-state index contributed by atoms with van der Waals surface area (Å²) < 4.78 is 39.1. The Morgan fingerprint density at radius 2 is 1.76 bits per heavy atom. The number of amides is 1. The number of anilines is 1. The normalized spacial score (nSPS) is 10.9. The summed E-state index contributed by atoms with van der Waals surface area (Å²) in [6.07, 6.45) is -4.56. The van der Waals surface area contributed by atoms with Crippen LogP contribution in [0.4, 0.5) is 18.9 Å². The minimum Gasteiger partial charge on any atom is -0.326 e. The van der Waals surface area contributed by atoms with Gasteiger partial charge >= 0.3 is 6.18 Å². The molecular weight excluding hydrogens is 423 g/mol. The predicted molar refractivity (Wildman–Crippen MR) is 109 cm³/mol. The van der Waals surface area contributed by atoms with Gasteiger partial charge in [-0.1, -0.05) is 36.0 Å². The van der Waals surface area contributed by atoms with Gasteiger partial charge in [0.1, 0.15) is 10.7 Å². The fourth-order valence-corrected chi connectivity index (χ4v) is 3.35. The number of benzene rings is 2. The Bertz CT molecular complexity index is 984. The highest BCUT2D eigenvalue weighted by atomic mass is 35.5. The van der Waals surface area contributed by atoms with Gasteiger partial charge in [-0.25, -0.2) is 4.98 Å². The summed E-state index contributed by atoms with van der Waals surface area (Å²) in [7, 11) is 0. The van der Waals surface area contributed by atoms with Crippen LogP contribution < -0.4 is 11.1 Å². The minimum absolute atomic E-state index is 0. The van der Waals surface area contributed by atoms with Crippen LogP contribution in [0.25, 0.3) is 0 Å². The van der Waals surface area contributed by atoms with Crippen molar-refractivity contribution in [2.75, 3.05) is 5.32 Å². The molecule has 0 aliphatic heterocycles. The van der Waals surface area contributed by atoms with E-state index in [2.05, 4.69) is 10.3 Å². The van der Waals surface area contributed by atoms with Crippen molar-refractivity contribution in [3.8, 4) is 0 Å². The highest BCUT2D eigenvalue weighted by Crippen LogP contribution is 2.33. The summed E-state index contributed by atoms with van der Waals surface area (Å²) >= 11 is 1.04. The largest absolute Gasteiger partial charge is 0.433 e. The summed E-state index contributed by atoms with van der Waals surface area (Å²) in [5.74, 6) is -0.312. The number of carbonyl (C=O) groups is 1. The van der Waals surface area contributed by atoms with Gasteiger partial charge in [0.15, 0.2) is 0 Å². The van der Waals surface area contributed by atoms with Crippen LogP contribution in [0.5, 0.6) is 0 Å². The molecule has 1 amide bonds. The first kappa shape index (κ1) is 22.7. The third kappa shape index (κ3) is 6.22. The number of alkyl halides is 3. The highest BCUT2D eigenvalue weighted by molar-refractivity contribution is 7.99. The van der Waals surface area contributed by atoms with E-state index in [-0.39, 0.29) is 29.9 Å². The van der Waals surface area contributed by atoms with Crippen molar-refractivity contribution in [1.82, 2.24) is 4.98 Å². The van der Waals surface area contributed by atoms with E-state index in [1.54, 1.807) is 48.5 Å². The smallest absolute Gasteiger partial charge is 0.326 e. The number of para-hydroxylation sites is 1. The lowest BCUT2D eigenvalue weighted by Crippen LogP contribution is -2.11. The van der Waals surface area contributed by atoms with Gasteiger partial charge in [-0.2, -0.15) is 13.2 Å².